The van der Waals surface area contributed by atoms with Crippen LogP contribution >= 0.6 is 0 Å². The first kappa shape index (κ1) is 8.75. The molecule has 1 heterocycles. The second-order valence-corrected chi connectivity index (χ2v) is 3.20. The Morgan fingerprint density at radius 2 is 1.79 bits per heavy atom. The van der Waals surface area contributed by atoms with Crippen molar-refractivity contribution in [3.63, 3.8) is 0 Å². The summed E-state index contributed by atoms with van der Waals surface area (Å²) in [6.45, 7) is 1.92. The highest BCUT2D eigenvalue weighted by Crippen LogP contribution is 2.20. The predicted octanol–water partition coefficient (Wildman–Crippen LogP) is 2.50. The molecule has 2 rings (SSSR count). The lowest BCUT2D eigenvalue weighted by Crippen LogP contribution is -1.98. The Bertz CT molecular complexity index is 443. The fourth-order valence-corrected chi connectivity index (χ4v) is 1.53. The molecule has 0 aliphatic rings. The Labute approximate surface area is 82.8 Å². The quantitative estimate of drug-likeness (QED) is 0.659. The number of aromatic nitrogens is 1. The number of rotatable bonds is 2. The zero-order valence-electron chi connectivity index (χ0n) is 7.97. The molecule has 0 fully saturated rings. The van der Waals surface area contributed by atoms with Crippen LogP contribution in [-0.2, 0) is 4.79 Å². The molecule has 2 heteroatoms. The van der Waals surface area contributed by atoms with Gasteiger partial charge >= 0.3 is 0 Å². The summed E-state index contributed by atoms with van der Waals surface area (Å²) in [6, 6.07) is 13.8. The van der Waals surface area contributed by atoms with Crippen LogP contribution in [0.4, 0.5) is 0 Å². The summed E-state index contributed by atoms with van der Waals surface area (Å²) in [5.74, 6) is 0. The van der Waals surface area contributed by atoms with Crippen LogP contribution < -0.4 is 0 Å². The Morgan fingerprint density at radius 1 is 1.07 bits per heavy atom. The van der Waals surface area contributed by atoms with Crippen molar-refractivity contribution in [1.82, 2.24) is 4.57 Å². The van der Waals surface area contributed by atoms with Gasteiger partial charge in [-0.3, -0.25) is 9.36 Å². The van der Waals surface area contributed by atoms with Gasteiger partial charge in [-0.2, -0.15) is 0 Å². The van der Waals surface area contributed by atoms with Crippen molar-refractivity contribution >= 4 is 6.41 Å². The van der Waals surface area contributed by atoms with Gasteiger partial charge in [0, 0.05) is 5.69 Å². The molecule has 0 aliphatic heterocycles. The van der Waals surface area contributed by atoms with Crippen molar-refractivity contribution in [2.75, 3.05) is 0 Å². The average Bonchev–Trinajstić information content (AvgIpc) is 2.61. The molecule has 0 spiro atoms. The first-order valence-electron chi connectivity index (χ1n) is 4.51. The van der Waals surface area contributed by atoms with Crippen LogP contribution in [-0.4, -0.2) is 11.0 Å². The number of nitrogens with zero attached hydrogens (tertiary/aromatic N) is 1. The number of hydrogen-bond acceptors (Lipinski definition) is 1. The molecule has 0 amide bonds. The highest BCUT2D eigenvalue weighted by Gasteiger charge is 2.04. The molecule has 2 aromatic rings. The summed E-state index contributed by atoms with van der Waals surface area (Å²) in [6.07, 6.45) is 0.845. The van der Waals surface area contributed by atoms with Crippen molar-refractivity contribution in [2.45, 2.75) is 6.92 Å². The maximum absolute atomic E-state index is 10.8. The maximum Gasteiger partial charge on any atom is 0.218 e. The van der Waals surface area contributed by atoms with Gasteiger partial charge in [-0.1, -0.05) is 30.3 Å². The van der Waals surface area contributed by atoms with E-state index >= 15 is 0 Å². The molecule has 0 radical (unpaired) electrons. The minimum Gasteiger partial charge on any atom is -0.287 e. The van der Waals surface area contributed by atoms with Crippen LogP contribution in [0.5, 0.6) is 0 Å². The normalized spacial score (nSPS) is 10.1. The molecule has 14 heavy (non-hydrogen) atoms. The molecular weight excluding hydrogens is 174 g/mol. The molecule has 0 N–H and O–H groups in total. The highest BCUT2D eigenvalue weighted by atomic mass is 16.1. The van der Waals surface area contributed by atoms with E-state index in [4.69, 9.17) is 0 Å². The molecule has 0 unspecified atom stereocenters. The van der Waals surface area contributed by atoms with E-state index in [0.29, 0.717) is 0 Å². The molecular formula is C12H11NO. The summed E-state index contributed by atoms with van der Waals surface area (Å²) in [4.78, 5) is 10.8. The largest absolute Gasteiger partial charge is 0.287 e. The molecule has 0 saturated heterocycles. The number of aryl methyl sites for hydroxylation is 1. The smallest absolute Gasteiger partial charge is 0.218 e. The second kappa shape index (κ2) is 3.50. The average molecular weight is 185 g/mol. The van der Waals surface area contributed by atoms with Gasteiger partial charge in [0.1, 0.15) is 0 Å². The third-order valence-corrected chi connectivity index (χ3v) is 2.30. The molecule has 0 bridgehead atoms. The number of hydrogen-bond donors (Lipinski definition) is 0. The summed E-state index contributed by atoms with van der Waals surface area (Å²) in [7, 11) is 0. The summed E-state index contributed by atoms with van der Waals surface area (Å²) in [5.41, 5.74) is 2.96. The zero-order valence-corrected chi connectivity index (χ0v) is 7.97. The SMILES string of the molecule is Cc1ccc(-c2ccccc2)n1C=O. The molecule has 70 valence electrons. The number of carbonyl (C=O) groups is 1. The minimum atomic E-state index is 0.845. The summed E-state index contributed by atoms with van der Waals surface area (Å²) < 4.78 is 1.65. The second-order valence-electron chi connectivity index (χ2n) is 3.20. The minimum absolute atomic E-state index is 0.845. The molecule has 0 atom stereocenters. The third-order valence-electron chi connectivity index (χ3n) is 2.30. The molecule has 1 aromatic carbocycles. The van der Waals surface area contributed by atoms with Crippen LogP contribution in [0.1, 0.15) is 5.69 Å². The van der Waals surface area contributed by atoms with Crippen molar-refractivity contribution in [3.8, 4) is 11.3 Å². The van der Waals surface area contributed by atoms with E-state index in [0.717, 1.165) is 23.4 Å². The van der Waals surface area contributed by atoms with Gasteiger partial charge in [-0.05, 0) is 24.6 Å². The van der Waals surface area contributed by atoms with E-state index in [-0.39, 0.29) is 0 Å². The molecule has 1 aromatic heterocycles. The van der Waals surface area contributed by atoms with Crippen molar-refractivity contribution < 1.29 is 4.79 Å². The van der Waals surface area contributed by atoms with E-state index in [1.807, 2.05) is 49.4 Å². The van der Waals surface area contributed by atoms with E-state index < -0.39 is 0 Å². The summed E-state index contributed by atoms with van der Waals surface area (Å²) in [5, 5.41) is 0. The Kier molecular flexibility index (Phi) is 2.19. The lowest BCUT2D eigenvalue weighted by Gasteiger charge is -2.03. The lowest BCUT2D eigenvalue weighted by atomic mass is 10.1. The highest BCUT2D eigenvalue weighted by molar-refractivity contribution is 5.70. The fraction of sp³-hybridized carbons (Fsp3) is 0.0833. The number of carbonyl (C=O) groups excluding carboxylic acids is 1. The van der Waals surface area contributed by atoms with Crippen LogP contribution in [0.25, 0.3) is 11.3 Å². The van der Waals surface area contributed by atoms with Gasteiger partial charge in [-0.25, -0.2) is 0 Å². The molecule has 2 nitrogen and oxygen atoms in total. The number of benzene rings is 1. The van der Waals surface area contributed by atoms with Crippen LogP contribution in [0.3, 0.4) is 0 Å². The standard InChI is InChI=1S/C12H11NO/c1-10-7-8-12(13(10)9-14)11-5-3-2-4-6-11/h2-9H,1H3. The third kappa shape index (κ3) is 1.35. The van der Waals surface area contributed by atoms with E-state index in [9.17, 15) is 4.79 Å². The first-order chi connectivity index (χ1) is 6.83. The van der Waals surface area contributed by atoms with Crippen LogP contribution in [0.2, 0.25) is 0 Å². The molecule has 0 aliphatic carbocycles. The molecule has 0 saturated carbocycles. The Morgan fingerprint density at radius 3 is 2.43 bits per heavy atom. The monoisotopic (exact) mass is 185 g/mol. The summed E-state index contributed by atoms with van der Waals surface area (Å²) >= 11 is 0. The van der Waals surface area contributed by atoms with Gasteiger partial charge in [0.25, 0.3) is 0 Å². The van der Waals surface area contributed by atoms with Crippen molar-refractivity contribution in [1.29, 1.82) is 0 Å². The van der Waals surface area contributed by atoms with Gasteiger partial charge in [-0.15, -0.1) is 0 Å². The van der Waals surface area contributed by atoms with Crippen LogP contribution in [0.15, 0.2) is 42.5 Å². The Hall–Kier alpha value is -1.83. The topological polar surface area (TPSA) is 22.0 Å². The van der Waals surface area contributed by atoms with Gasteiger partial charge in [0.05, 0.1) is 5.69 Å². The lowest BCUT2D eigenvalue weighted by molar-refractivity contribution is 0.547. The van der Waals surface area contributed by atoms with Crippen LogP contribution in [0, 0.1) is 6.92 Å². The van der Waals surface area contributed by atoms with E-state index in [1.54, 1.807) is 4.57 Å². The van der Waals surface area contributed by atoms with Gasteiger partial charge in [0.2, 0.25) is 6.41 Å². The van der Waals surface area contributed by atoms with Gasteiger partial charge < -0.3 is 0 Å². The predicted molar refractivity (Wildman–Crippen MR) is 56.8 cm³/mol. The van der Waals surface area contributed by atoms with E-state index in [1.165, 1.54) is 0 Å². The maximum atomic E-state index is 10.8. The fourth-order valence-electron chi connectivity index (χ4n) is 1.53. The first-order valence-corrected chi connectivity index (χ1v) is 4.51. The van der Waals surface area contributed by atoms with Crippen molar-refractivity contribution in [3.05, 3.63) is 48.2 Å². The van der Waals surface area contributed by atoms with Gasteiger partial charge in [0.15, 0.2) is 0 Å². The Balaban J connectivity index is 2.57. The van der Waals surface area contributed by atoms with Crippen molar-refractivity contribution in [2.24, 2.45) is 0 Å². The van der Waals surface area contributed by atoms with E-state index in [2.05, 4.69) is 0 Å². The zero-order chi connectivity index (χ0) is 9.97.